The fourth-order valence-electron chi connectivity index (χ4n) is 3.14. The Balaban J connectivity index is 1.50. The van der Waals surface area contributed by atoms with Crippen LogP contribution in [-0.2, 0) is 6.54 Å². The molecule has 0 aromatic heterocycles. The van der Waals surface area contributed by atoms with Gasteiger partial charge in [0.15, 0.2) is 0 Å². The summed E-state index contributed by atoms with van der Waals surface area (Å²) >= 11 is 0. The molecule has 0 saturated carbocycles. The maximum atomic E-state index is 5.40. The summed E-state index contributed by atoms with van der Waals surface area (Å²) in [6.07, 6.45) is 2.42. The number of para-hydroxylation sites is 1. The van der Waals surface area contributed by atoms with Gasteiger partial charge < -0.3 is 4.74 Å². The molecule has 2 aromatic carbocycles. The number of methoxy groups -OCH3 is 1. The first-order chi connectivity index (χ1) is 10.9. The van der Waals surface area contributed by atoms with Crippen LogP contribution in [0.25, 0.3) is 0 Å². The molecule has 0 amide bonds. The Morgan fingerprint density at radius 3 is 2.41 bits per heavy atom. The second-order valence-corrected chi connectivity index (χ2v) is 5.82. The third kappa shape index (κ3) is 3.67. The van der Waals surface area contributed by atoms with Crippen LogP contribution < -0.4 is 10.2 Å². The Labute approximate surface area is 132 Å². The minimum atomic E-state index is 0.700. The predicted octanol–water partition coefficient (Wildman–Crippen LogP) is 3.58. The van der Waals surface area contributed by atoms with Gasteiger partial charge in [0.05, 0.1) is 7.11 Å². The number of rotatable bonds is 5. The summed E-state index contributed by atoms with van der Waals surface area (Å²) in [6, 6.07) is 19.1. The molecule has 3 nitrogen and oxygen atoms in total. The van der Waals surface area contributed by atoms with Crippen molar-refractivity contribution in [2.45, 2.75) is 25.3 Å². The van der Waals surface area contributed by atoms with E-state index in [0.29, 0.717) is 5.92 Å². The molecule has 3 heteroatoms. The van der Waals surface area contributed by atoms with Crippen molar-refractivity contribution >= 4 is 0 Å². The molecular weight excluding hydrogens is 272 g/mol. The van der Waals surface area contributed by atoms with Gasteiger partial charge in [0.25, 0.3) is 0 Å². The Kier molecular flexibility index (Phi) is 5.09. The van der Waals surface area contributed by atoms with Crippen molar-refractivity contribution in [3.8, 4) is 5.75 Å². The Bertz CT molecular complexity index is 577. The number of hydrazine groups is 1. The Hall–Kier alpha value is -1.84. The van der Waals surface area contributed by atoms with E-state index in [4.69, 9.17) is 4.74 Å². The first-order valence-electron chi connectivity index (χ1n) is 8.02. The van der Waals surface area contributed by atoms with Crippen molar-refractivity contribution in [1.82, 2.24) is 10.4 Å². The topological polar surface area (TPSA) is 24.5 Å². The van der Waals surface area contributed by atoms with Crippen LogP contribution in [0.4, 0.5) is 0 Å². The lowest BCUT2D eigenvalue weighted by Gasteiger charge is -2.32. The maximum Gasteiger partial charge on any atom is 0.123 e. The Morgan fingerprint density at radius 2 is 1.68 bits per heavy atom. The monoisotopic (exact) mass is 296 g/mol. The molecule has 1 heterocycles. The van der Waals surface area contributed by atoms with E-state index in [0.717, 1.165) is 25.4 Å². The Morgan fingerprint density at radius 1 is 1.00 bits per heavy atom. The van der Waals surface area contributed by atoms with Gasteiger partial charge in [0.2, 0.25) is 0 Å². The van der Waals surface area contributed by atoms with Gasteiger partial charge >= 0.3 is 0 Å². The van der Waals surface area contributed by atoms with Gasteiger partial charge in [-0.25, -0.2) is 5.01 Å². The number of nitrogens with zero attached hydrogens (tertiary/aromatic N) is 1. The first-order valence-corrected chi connectivity index (χ1v) is 8.02. The van der Waals surface area contributed by atoms with Crippen molar-refractivity contribution < 1.29 is 4.74 Å². The van der Waals surface area contributed by atoms with Crippen LogP contribution in [0.3, 0.4) is 0 Å². The summed E-state index contributed by atoms with van der Waals surface area (Å²) < 4.78 is 5.40. The zero-order valence-electron chi connectivity index (χ0n) is 13.2. The van der Waals surface area contributed by atoms with Crippen molar-refractivity contribution in [1.29, 1.82) is 0 Å². The van der Waals surface area contributed by atoms with E-state index in [1.165, 1.54) is 24.0 Å². The molecule has 3 rings (SSSR count). The summed E-state index contributed by atoms with van der Waals surface area (Å²) in [4.78, 5) is 0. The molecule has 0 spiro atoms. The molecule has 1 fully saturated rings. The van der Waals surface area contributed by atoms with Crippen molar-refractivity contribution in [3.05, 3.63) is 65.7 Å². The fourth-order valence-corrected chi connectivity index (χ4v) is 3.14. The standard InChI is InChI=1S/C19H24N2O/c1-22-19-10-6-5-9-18(19)15-20-21-13-11-17(12-14-21)16-7-3-2-4-8-16/h2-10,17,20H,11-15H2,1H3. The molecule has 0 radical (unpaired) electrons. The molecule has 22 heavy (non-hydrogen) atoms. The molecular formula is C19H24N2O. The average Bonchev–Trinajstić information content (AvgIpc) is 2.61. The summed E-state index contributed by atoms with van der Waals surface area (Å²) in [7, 11) is 1.73. The summed E-state index contributed by atoms with van der Waals surface area (Å²) in [5.41, 5.74) is 6.22. The third-order valence-electron chi connectivity index (χ3n) is 4.45. The lowest BCUT2D eigenvalue weighted by molar-refractivity contribution is 0.139. The van der Waals surface area contributed by atoms with E-state index in [1.54, 1.807) is 7.11 Å². The van der Waals surface area contributed by atoms with Crippen molar-refractivity contribution in [3.63, 3.8) is 0 Å². The highest BCUT2D eigenvalue weighted by Gasteiger charge is 2.20. The van der Waals surface area contributed by atoms with Crippen LogP contribution in [0.15, 0.2) is 54.6 Å². The lowest BCUT2D eigenvalue weighted by atomic mass is 9.90. The smallest absolute Gasteiger partial charge is 0.123 e. The molecule has 0 aliphatic carbocycles. The molecule has 0 unspecified atom stereocenters. The van der Waals surface area contributed by atoms with Gasteiger partial charge in [-0.15, -0.1) is 0 Å². The van der Waals surface area contributed by atoms with E-state index in [1.807, 2.05) is 12.1 Å². The lowest BCUT2D eigenvalue weighted by Crippen LogP contribution is -2.42. The van der Waals surface area contributed by atoms with E-state index in [2.05, 4.69) is 52.9 Å². The molecule has 1 saturated heterocycles. The van der Waals surface area contributed by atoms with Crippen molar-refractivity contribution in [2.24, 2.45) is 0 Å². The average molecular weight is 296 g/mol. The van der Waals surface area contributed by atoms with Gasteiger partial charge in [0, 0.05) is 25.2 Å². The van der Waals surface area contributed by atoms with Gasteiger partial charge in [-0.3, -0.25) is 5.43 Å². The number of hydrogen-bond donors (Lipinski definition) is 1. The van der Waals surface area contributed by atoms with Crippen LogP contribution in [-0.4, -0.2) is 25.2 Å². The molecule has 116 valence electrons. The van der Waals surface area contributed by atoms with Crippen LogP contribution >= 0.6 is 0 Å². The number of benzene rings is 2. The predicted molar refractivity (Wildman–Crippen MR) is 89.8 cm³/mol. The molecule has 1 aliphatic rings. The SMILES string of the molecule is COc1ccccc1CNN1CCC(c2ccccc2)CC1. The van der Waals surface area contributed by atoms with E-state index >= 15 is 0 Å². The summed E-state index contributed by atoms with van der Waals surface area (Å²) in [6.45, 7) is 3.00. The molecule has 0 atom stereocenters. The maximum absolute atomic E-state index is 5.40. The number of piperidine rings is 1. The van der Waals surface area contributed by atoms with Gasteiger partial charge in [-0.05, 0) is 30.4 Å². The van der Waals surface area contributed by atoms with Gasteiger partial charge in [-0.1, -0.05) is 48.5 Å². The molecule has 1 aliphatic heterocycles. The summed E-state index contributed by atoms with van der Waals surface area (Å²) in [5.74, 6) is 1.65. The van der Waals surface area contributed by atoms with Crippen LogP contribution in [0.5, 0.6) is 5.75 Å². The van der Waals surface area contributed by atoms with Crippen molar-refractivity contribution in [2.75, 3.05) is 20.2 Å². The minimum absolute atomic E-state index is 0.700. The number of nitrogens with one attached hydrogen (secondary N) is 1. The molecule has 0 bridgehead atoms. The van der Waals surface area contributed by atoms with E-state index < -0.39 is 0 Å². The second kappa shape index (κ2) is 7.43. The fraction of sp³-hybridized carbons (Fsp3) is 0.368. The molecule has 1 N–H and O–H groups in total. The highest BCUT2D eigenvalue weighted by molar-refractivity contribution is 5.32. The number of ether oxygens (including phenoxy) is 1. The first kappa shape index (κ1) is 15.1. The van der Waals surface area contributed by atoms with Gasteiger partial charge in [0.1, 0.15) is 5.75 Å². The molecule has 2 aromatic rings. The number of hydrogen-bond acceptors (Lipinski definition) is 3. The minimum Gasteiger partial charge on any atom is -0.496 e. The third-order valence-corrected chi connectivity index (χ3v) is 4.45. The highest BCUT2D eigenvalue weighted by Crippen LogP contribution is 2.27. The second-order valence-electron chi connectivity index (χ2n) is 5.82. The van der Waals surface area contributed by atoms with Crippen LogP contribution in [0.2, 0.25) is 0 Å². The van der Waals surface area contributed by atoms with E-state index in [9.17, 15) is 0 Å². The van der Waals surface area contributed by atoms with Crippen LogP contribution in [0, 0.1) is 0 Å². The largest absolute Gasteiger partial charge is 0.496 e. The quantitative estimate of drug-likeness (QED) is 0.912. The van der Waals surface area contributed by atoms with Gasteiger partial charge in [-0.2, -0.15) is 0 Å². The zero-order valence-corrected chi connectivity index (χ0v) is 13.2. The zero-order chi connectivity index (χ0) is 15.2. The van der Waals surface area contributed by atoms with Crippen LogP contribution in [0.1, 0.15) is 29.9 Å². The normalized spacial score (nSPS) is 16.6. The highest BCUT2D eigenvalue weighted by atomic mass is 16.5. The van der Waals surface area contributed by atoms with E-state index in [-0.39, 0.29) is 0 Å². The summed E-state index contributed by atoms with van der Waals surface area (Å²) in [5, 5.41) is 2.34.